The van der Waals surface area contributed by atoms with Crippen LogP contribution in [0.3, 0.4) is 0 Å². The van der Waals surface area contributed by atoms with E-state index in [-0.39, 0.29) is 6.42 Å². The standard InChI is InChI=1S/C14H13F3O6/c15-14(16,17)23-9-6-4-8(5-7-9)2-1-3-10(12(19)20)11(18)13(21)22/h1-2,4-7,10-11,18H,3H2,(H,19,20)(H,21,22)/b2-1+/t10-,11+/m1/s1. The molecular weight excluding hydrogens is 321 g/mol. The minimum absolute atomic E-state index is 0.260. The third-order valence-electron chi connectivity index (χ3n) is 2.77. The summed E-state index contributed by atoms with van der Waals surface area (Å²) in [6, 6.07) is 4.77. The lowest BCUT2D eigenvalue weighted by Gasteiger charge is -2.13. The van der Waals surface area contributed by atoms with Gasteiger partial charge in [-0.05, 0) is 24.1 Å². The van der Waals surface area contributed by atoms with Gasteiger partial charge in [0, 0.05) is 0 Å². The van der Waals surface area contributed by atoms with E-state index < -0.39 is 36.1 Å². The lowest BCUT2D eigenvalue weighted by molar-refractivity contribution is -0.274. The Hall–Kier alpha value is -2.55. The van der Waals surface area contributed by atoms with Gasteiger partial charge in [-0.2, -0.15) is 0 Å². The number of ether oxygens (including phenoxy) is 1. The number of aliphatic carboxylic acids is 2. The number of rotatable bonds is 7. The van der Waals surface area contributed by atoms with Crippen LogP contribution in [0.25, 0.3) is 6.08 Å². The third kappa shape index (κ3) is 6.39. The number of alkyl halides is 3. The molecule has 0 spiro atoms. The summed E-state index contributed by atoms with van der Waals surface area (Å²) >= 11 is 0. The molecule has 1 rings (SSSR count). The molecular formula is C14H13F3O6. The Bertz CT molecular complexity index is 579. The molecule has 3 N–H and O–H groups in total. The second-order valence-corrected chi connectivity index (χ2v) is 4.48. The molecule has 9 heteroatoms. The molecule has 0 amide bonds. The molecule has 126 valence electrons. The van der Waals surface area contributed by atoms with Crippen LogP contribution in [0.5, 0.6) is 5.75 Å². The molecule has 1 aromatic carbocycles. The van der Waals surface area contributed by atoms with Crippen molar-refractivity contribution in [2.75, 3.05) is 0 Å². The highest BCUT2D eigenvalue weighted by Crippen LogP contribution is 2.23. The van der Waals surface area contributed by atoms with Gasteiger partial charge in [0.15, 0.2) is 6.10 Å². The number of hydrogen-bond acceptors (Lipinski definition) is 4. The normalized spacial score (nSPS) is 14.4. The lowest BCUT2D eigenvalue weighted by atomic mass is 9.98. The number of carbonyl (C=O) groups is 2. The summed E-state index contributed by atoms with van der Waals surface area (Å²) in [5.41, 5.74) is 0.452. The van der Waals surface area contributed by atoms with Crippen molar-refractivity contribution in [1.29, 1.82) is 0 Å². The maximum atomic E-state index is 12.0. The summed E-state index contributed by atoms with van der Waals surface area (Å²) in [5.74, 6) is -5.06. The zero-order valence-electron chi connectivity index (χ0n) is 11.5. The molecule has 0 aliphatic rings. The van der Waals surface area contributed by atoms with Crippen LogP contribution in [-0.4, -0.2) is 39.7 Å². The van der Waals surface area contributed by atoms with Crippen LogP contribution in [0, 0.1) is 5.92 Å². The van der Waals surface area contributed by atoms with E-state index in [0.29, 0.717) is 5.56 Å². The molecule has 0 radical (unpaired) electrons. The Labute approximate surface area is 128 Å². The summed E-state index contributed by atoms with van der Waals surface area (Å²) < 4.78 is 39.6. The molecule has 0 fully saturated rings. The fraction of sp³-hybridized carbons (Fsp3) is 0.286. The topological polar surface area (TPSA) is 104 Å². The van der Waals surface area contributed by atoms with E-state index in [0.717, 1.165) is 12.1 Å². The Morgan fingerprint density at radius 2 is 1.70 bits per heavy atom. The van der Waals surface area contributed by atoms with Crippen LogP contribution in [0.15, 0.2) is 30.3 Å². The quantitative estimate of drug-likeness (QED) is 0.706. The van der Waals surface area contributed by atoms with E-state index >= 15 is 0 Å². The van der Waals surface area contributed by atoms with Gasteiger partial charge in [-0.15, -0.1) is 13.2 Å². The van der Waals surface area contributed by atoms with Crippen molar-refractivity contribution in [2.45, 2.75) is 18.9 Å². The van der Waals surface area contributed by atoms with E-state index in [9.17, 15) is 27.9 Å². The van der Waals surface area contributed by atoms with E-state index in [1.165, 1.54) is 24.3 Å². The fourth-order valence-corrected chi connectivity index (χ4v) is 1.67. The summed E-state index contributed by atoms with van der Waals surface area (Å²) in [6.07, 6.45) is -4.41. The molecule has 0 heterocycles. The van der Waals surface area contributed by atoms with Gasteiger partial charge in [-0.25, -0.2) is 4.79 Å². The maximum absolute atomic E-state index is 12.0. The monoisotopic (exact) mass is 334 g/mol. The van der Waals surface area contributed by atoms with Crippen LogP contribution in [0.2, 0.25) is 0 Å². The highest BCUT2D eigenvalue weighted by atomic mass is 19.4. The predicted molar refractivity (Wildman–Crippen MR) is 71.5 cm³/mol. The molecule has 0 aliphatic carbocycles. The molecule has 0 aromatic heterocycles. The number of carboxylic acid groups (broad SMARTS) is 2. The van der Waals surface area contributed by atoms with Crippen LogP contribution >= 0.6 is 0 Å². The molecule has 23 heavy (non-hydrogen) atoms. The Morgan fingerprint density at radius 3 is 2.13 bits per heavy atom. The second-order valence-electron chi connectivity index (χ2n) is 4.48. The smallest absolute Gasteiger partial charge is 0.481 e. The summed E-state index contributed by atoms with van der Waals surface area (Å²) in [7, 11) is 0. The second kappa shape index (κ2) is 7.63. The minimum atomic E-state index is -4.79. The van der Waals surface area contributed by atoms with Crippen molar-refractivity contribution < 1.29 is 42.8 Å². The Kier molecular flexibility index (Phi) is 6.14. The van der Waals surface area contributed by atoms with Crippen LogP contribution in [0.4, 0.5) is 13.2 Å². The van der Waals surface area contributed by atoms with Crippen molar-refractivity contribution >= 4 is 18.0 Å². The summed E-state index contributed by atoms with van der Waals surface area (Å²) in [4.78, 5) is 21.5. The molecule has 1 aromatic rings. The minimum Gasteiger partial charge on any atom is -0.481 e. The first kappa shape index (κ1) is 18.5. The van der Waals surface area contributed by atoms with Crippen molar-refractivity contribution in [3.63, 3.8) is 0 Å². The van der Waals surface area contributed by atoms with Crippen LogP contribution < -0.4 is 4.74 Å². The Morgan fingerprint density at radius 1 is 1.13 bits per heavy atom. The number of aliphatic hydroxyl groups is 1. The number of halogens is 3. The molecule has 2 atom stereocenters. The summed E-state index contributed by atoms with van der Waals surface area (Å²) in [5, 5.41) is 26.7. The van der Waals surface area contributed by atoms with Crippen molar-refractivity contribution in [1.82, 2.24) is 0 Å². The maximum Gasteiger partial charge on any atom is 0.573 e. The number of allylic oxidation sites excluding steroid dienone is 1. The molecule has 0 unspecified atom stereocenters. The van der Waals surface area contributed by atoms with E-state index in [1.54, 1.807) is 0 Å². The van der Waals surface area contributed by atoms with Gasteiger partial charge in [-0.3, -0.25) is 4.79 Å². The van der Waals surface area contributed by atoms with Crippen molar-refractivity contribution in [2.24, 2.45) is 5.92 Å². The number of aliphatic hydroxyl groups excluding tert-OH is 1. The highest BCUT2D eigenvalue weighted by Gasteiger charge is 2.31. The fourth-order valence-electron chi connectivity index (χ4n) is 1.67. The van der Waals surface area contributed by atoms with Crippen molar-refractivity contribution in [3.8, 4) is 5.75 Å². The van der Waals surface area contributed by atoms with Gasteiger partial charge >= 0.3 is 18.3 Å². The summed E-state index contributed by atoms with van der Waals surface area (Å²) in [6.45, 7) is 0. The molecule has 6 nitrogen and oxygen atoms in total. The molecule has 0 saturated carbocycles. The SMILES string of the molecule is O=C(O)[C@@H](O)[C@@H](C/C=C/c1ccc(OC(F)(F)F)cc1)C(=O)O. The average Bonchev–Trinajstić information content (AvgIpc) is 2.42. The van der Waals surface area contributed by atoms with Gasteiger partial charge in [0.2, 0.25) is 0 Å². The number of carboxylic acids is 2. The van der Waals surface area contributed by atoms with Crippen LogP contribution in [-0.2, 0) is 9.59 Å². The first-order valence-corrected chi connectivity index (χ1v) is 6.26. The largest absolute Gasteiger partial charge is 0.573 e. The number of hydrogen-bond donors (Lipinski definition) is 3. The van der Waals surface area contributed by atoms with Gasteiger partial charge in [0.05, 0.1) is 5.92 Å². The molecule has 0 saturated heterocycles. The van der Waals surface area contributed by atoms with Gasteiger partial charge in [0.25, 0.3) is 0 Å². The van der Waals surface area contributed by atoms with Crippen LogP contribution in [0.1, 0.15) is 12.0 Å². The highest BCUT2D eigenvalue weighted by molar-refractivity contribution is 5.81. The lowest BCUT2D eigenvalue weighted by Crippen LogP contribution is -2.34. The third-order valence-corrected chi connectivity index (χ3v) is 2.77. The van der Waals surface area contributed by atoms with E-state index in [2.05, 4.69) is 4.74 Å². The zero-order chi connectivity index (χ0) is 17.6. The molecule has 0 bridgehead atoms. The van der Waals surface area contributed by atoms with Gasteiger partial charge < -0.3 is 20.1 Å². The average molecular weight is 334 g/mol. The zero-order valence-corrected chi connectivity index (χ0v) is 11.5. The predicted octanol–water partition coefficient (Wildman–Crippen LogP) is 2.13. The first-order valence-electron chi connectivity index (χ1n) is 6.26. The Balaban J connectivity index is 2.69. The van der Waals surface area contributed by atoms with Crippen molar-refractivity contribution in [3.05, 3.63) is 35.9 Å². The van der Waals surface area contributed by atoms with Gasteiger partial charge in [0.1, 0.15) is 5.75 Å². The van der Waals surface area contributed by atoms with E-state index in [4.69, 9.17) is 10.2 Å². The number of benzene rings is 1. The van der Waals surface area contributed by atoms with E-state index in [1.807, 2.05) is 0 Å². The first-order chi connectivity index (χ1) is 10.6. The van der Waals surface area contributed by atoms with Gasteiger partial charge in [-0.1, -0.05) is 24.3 Å². The molecule has 0 aliphatic heterocycles.